The van der Waals surface area contributed by atoms with E-state index in [4.69, 9.17) is 0 Å². The van der Waals surface area contributed by atoms with Crippen LogP contribution in [0.2, 0.25) is 0 Å². The summed E-state index contributed by atoms with van der Waals surface area (Å²) in [6.45, 7) is 2.15. The van der Waals surface area contributed by atoms with Crippen molar-refractivity contribution in [2.45, 2.75) is 18.9 Å². The first-order valence-corrected chi connectivity index (χ1v) is 7.47. The highest BCUT2D eigenvalue weighted by Gasteiger charge is 2.31. The van der Waals surface area contributed by atoms with Crippen molar-refractivity contribution in [2.75, 3.05) is 7.11 Å². The summed E-state index contributed by atoms with van der Waals surface area (Å²) in [5.74, 6) is 0. The summed E-state index contributed by atoms with van der Waals surface area (Å²) in [6.07, 6.45) is 11.8. The second-order valence-electron chi connectivity index (χ2n) is 4.57. The molecular formula is C14H17NO5S. The molecule has 1 aromatic rings. The molecule has 7 heteroatoms. The lowest BCUT2D eigenvalue weighted by atomic mass is 9.90. The second kappa shape index (κ2) is 7.26. The van der Waals surface area contributed by atoms with Crippen molar-refractivity contribution in [3.8, 4) is 0 Å². The second-order valence-corrected chi connectivity index (χ2v) is 5.72. The van der Waals surface area contributed by atoms with E-state index in [9.17, 15) is 17.8 Å². The summed E-state index contributed by atoms with van der Waals surface area (Å²) in [5.41, 5.74) is 0.720. The molecule has 114 valence electrons. The number of allylic oxidation sites excluding steroid dienone is 4. The van der Waals surface area contributed by atoms with Crippen LogP contribution in [0.3, 0.4) is 0 Å². The van der Waals surface area contributed by atoms with Crippen LogP contribution in [0, 0.1) is 0 Å². The molecule has 1 aliphatic carbocycles. The molecule has 0 N–H and O–H groups in total. The number of hydrogen-bond acceptors (Lipinski definition) is 5. The molecule has 1 atom stereocenters. The summed E-state index contributed by atoms with van der Waals surface area (Å²) >= 11 is 0. The maximum absolute atomic E-state index is 10.6. The summed E-state index contributed by atoms with van der Waals surface area (Å²) in [4.78, 5) is 10.6. The fourth-order valence-corrected chi connectivity index (χ4v) is 1.75. The molecule has 0 aliphatic heterocycles. The van der Waals surface area contributed by atoms with Gasteiger partial charge in [0.05, 0.1) is 7.11 Å². The molecule has 1 aliphatic rings. The highest BCUT2D eigenvalue weighted by atomic mass is 32.3. The van der Waals surface area contributed by atoms with Crippen LogP contribution in [0.25, 0.3) is 0 Å². The Labute approximate surface area is 124 Å². The molecule has 2 rings (SSSR count). The maximum Gasteiger partial charge on any atom is 0.217 e. The lowest BCUT2D eigenvalue weighted by molar-refractivity contribution is -0.749. The van der Waals surface area contributed by atoms with Gasteiger partial charge in [0.25, 0.3) is 0 Å². The molecule has 0 radical (unpaired) electrons. The van der Waals surface area contributed by atoms with Crippen molar-refractivity contribution in [1.82, 2.24) is 0 Å². The first-order chi connectivity index (χ1) is 9.80. The Hall–Kier alpha value is -1.83. The SMILES string of the molecule is CC1([n+]2ccccc2)C=CC(C=O)=CC1.COS(=O)(=O)[O-]. The van der Waals surface area contributed by atoms with Gasteiger partial charge in [-0.15, -0.1) is 0 Å². The van der Waals surface area contributed by atoms with Crippen molar-refractivity contribution in [2.24, 2.45) is 0 Å². The van der Waals surface area contributed by atoms with Gasteiger partial charge in [-0.3, -0.25) is 8.98 Å². The normalized spacial score (nSPS) is 21.0. The number of aromatic nitrogens is 1. The lowest BCUT2D eigenvalue weighted by Gasteiger charge is -2.21. The minimum Gasteiger partial charge on any atom is -0.726 e. The van der Waals surface area contributed by atoms with Gasteiger partial charge in [0.1, 0.15) is 6.29 Å². The van der Waals surface area contributed by atoms with E-state index in [0.29, 0.717) is 0 Å². The van der Waals surface area contributed by atoms with Crippen LogP contribution in [0.4, 0.5) is 0 Å². The fraction of sp³-hybridized carbons (Fsp3) is 0.286. The molecule has 21 heavy (non-hydrogen) atoms. The number of carbonyl (C=O) groups excluding carboxylic acids is 1. The van der Waals surface area contributed by atoms with Crippen LogP contribution >= 0.6 is 0 Å². The average molecular weight is 311 g/mol. The topological polar surface area (TPSA) is 87.4 Å². The van der Waals surface area contributed by atoms with E-state index in [-0.39, 0.29) is 5.54 Å². The zero-order valence-corrected chi connectivity index (χ0v) is 12.6. The first kappa shape index (κ1) is 17.2. The largest absolute Gasteiger partial charge is 0.726 e. The smallest absolute Gasteiger partial charge is 0.217 e. The first-order valence-electron chi connectivity index (χ1n) is 6.13. The Balaban J connectivity index is 0.000000315. The third-order valence-electron chi connectivity index (χ3n) is 3.03. The van der Waals surface area contributed by atoms with Crippen molar-refractivity contribution >= 4 is 16.7 Å². The third-order valence-corrected chi connectivity index (χ3v) is 3.44. The van der Waals surface area contributed by atoms with Crippen molar-refractivity contribution < 1.29 is 26.5 Å². The maximum atomic E-state index is 10.6. The van der Waals surface area contributed by atoms with E-state index in [1.807, 2.05) is 42.7 Å². The highest BCUT2D eigenvalue weighted by Crippen LogP contribution is 2.21. The average Bonchev–Trinajstić information content (AvgIpc) is 2.49. The Morgan fingerprint density at radius 1 is 1.33 bits per heavy atom. The molecule has 0 fully saturated rings. The van der Waals surface area contributed by atoms with E-state index in [0.717, 1.165) is 25.4 Å². The molecule has 0 spiro atoms. The van der Waals surface area contributed by atoms with Gasteiger partial charge in [0.2, 0.25) is 10.4 Å². The van der Waals surface area contributed by atoms with Crippen molar-refractivity contribution in [3.63, 3.8) is 0 Å². The van der Waals surface area contributed by atoms with E-state index in [1.54, 1.807) is 0 Å². The fourth-order valence-electron chi connectivity index (χ4n) is 1.75. The van der Waals surface area contributed by atoms with Gasteiger partial charge in [-0.25, -0.2) is 8.42 Å². The Morgan fingerprint density at radius 3 is 2.29 bits per heavy atom. The van der Waals surface area contributed by atoms with Gasteiger partial charge < -0.3 is 4.55 Å². The van der Waals surface area contributed by atoms with Gasteiger partial charge in [-0.2, -0.15) is 4.57 Å². The van der Waals surface area contributed by atoms with Gasteiger partial charge in [0.15, 0.2) is 17.9 Å². The molecule has 0 saturated carbocycles. The highest BCUT2D eigenvalue weighted by molar-refractivity contribution is 7.80. The summed E-state index contributed by atoms with van der Waals surface area (Å²) in [6, 6.07) is 6.02. The standard InChI is InChI=1S/C13H14NO.CH4O4S/c1-13(14-9-3-2-4-10-14)7-5-12(11-15)6-8-13;1-5-6(2,3)4/h2-7,9-11H,8H2,1H3;1H3,(H,2,3,4)/q+1;/p-1. The van der Waals surface area contributed by atoms with Crippen LogP contribution in [0.1, 0.15) is 13.3 Å². The number of carbonyl (C=O) groups is 1. The molecule has 1 heterocycles. The van der Waals surface area contributed by atoms with Gasteiger partial charge in [-0.05, 0) is 12.2 Å². The van der Waals surface area contributed by atoms with Crippen LogP contribution < -0.4 is 4.57 Å². The molecule has 0 bridgehead atoms. The van der Waals surface area contributed by atoms with Crippen LogP contribution in [0.5, 0.6) is 0 Å². The van der Waals surface area contributed by atoms with Gasteiger partial charge in [-0.1, -0.05) is 12.1 Å². The minimum absolute atomic E-state index is 0.0478. The number of hydrogen-bond donors (Lipinski definition) is 0. The van der Waals surface area contributed by atoms with E-state index >= 15 is 0 Å². The lowest BCUT2D eigenvalue weighted by Crippen LogP contribution is -2.52. The quantitative estimate of drug-likeness (QED) is 0.358. The molecular weight excluding hydrogens is 294 g/mol. The van der Waals surface area contributed by atoms with Crippen LogP contribution in [-0.4, -0.2) is 26.4 Å². The summed E-state index contributed by atoms with van der Waals surface area (Å²) < 4.78 is 33.2. The van der Waals surface area contributed by atoms with E-state index in [2.05, 4.69) is 21.7 Å². The summed E-state index contributed by atoms with van der Waals surface area (Å²) in [7, 11) is -3.60. The van der Waals surface area contributed by atoms with Gasteiger partial charge in [0, 0.05) is 31.1 Å². The minimum atomic E-state index is -4.41. The molecule has 0 aromatic carbocycles. The Morgan fingerprint density at radius 2 is 1.90 bits per heavy atom. The molecule has 6 nitrogen and oxygen atoms in total. The zero-order valence-electron chi connectivity index (χ0n) is 11.8. The van der Waals surface area contributed by atoms with Crippen molar-refractivity contribution in [3.05, 3.63) is 54.4 Å². The van der Waals surface area contributed by atoms with E-state index < -0.39 is 10.4 Å². The predicted molar refractivity (Wildman–Crippen MR) is 74.9 cm³/mol. The van der Waals surface area contributed by atoms with Crippen LogP contribution in [-0.2, 0) is 24.9 Å². The monoisotopic (exact) mass is 311 g/mol. The number of rotatable bonds is 3. The van der Waals surface area contributed by atoms with Gasteiger partial charge >= 0.3 is 0 Å². The Bertz CT molecular complexity index is 637. The number of nitrogens with zero attached hydrogens (tertiary/aromatic N) is 1. The molecule has 1 aromatic heterocycles. The Kier molecular flexibility index (Phi) is 5.95. The number of pyridine rings is 1. The molecule has 0 amide bonds. The van der Waals surface area contributed by atoms with E-state index in [1.165, 1.54) is 0 Å². The summed E-state index contributed by atoms with van der Waals surface area (Å²) in [5, 5.41) is 0. The zero-order chi connectivity index (χ0) is 15.9. The van der Waals surface area contributed by atoms with Crippen molar-refractivity contribution in [1.29, 1.82) is 0 Å². The third kappa shape index (κ3) is 5.58. The number of aldehydes is 1. The van der Waals surface area contributed by atoms with Crippen LogP contribution in [0.15, 0.2) is 54.4 Å². The predicted octanol–water partition coefficient (Wildman–Crippen LogP) is 0.868. The molecule has 1 unspecified atom stereocenters. The molecule has 0 saturated heterocycles.